The minimum absolute atomic E-state index is 0.283. The highest BCUT2D eigenvalue weighted by Crippen LogP contribution is 2.32. The summed E-state index contributed by atoms with van der Waals surface area (Å²) in [5.74, 6) is 1.25. The predicted octanol–water partition coefficient (Wildman–Crippen LogP) is 2.04. The average molecular weight is 249 g/mol. The third kappa shape index (κ3) is 2.56. The maximum atomic E-state index is 11.0. The van der Waals surface area contributed by atoms with E-state index in [2.05, 4.69) is 11.9 Å². The highest BCUT2D eigenvalue weighted by atomic mass is 16.6. The summed E-state index contributed by atoms with van der Waals surface area (Å²) in [6.45, 7) is 4.45. The van der Waals surface area contributed by atoms with Crippen molar-refractivity contribution in [2.45, 2.75) is 6.10 Å². The molecule has 1 atom stereocenters. The van der Waals surface area contributed by atoms with E-state index in [1.165, 1.54) is 0 Å². The summed E-state index contributed by atoms with van der Waals surface area (Å²) in [6.07, 6.45) is 0.974. The maximum absolute atomic E-state index is 11.0. The highest BCUT2D eigenvalue weighted by Gasteiger charge is 2.25. The van der Waals surface area contributed by atoms with Gasteiger partial charge in [-0.2, -0.15) is 0 Å². The fourth-order valence-corrected chi connectivity index (χ4v) is 1.73. The number of benzene rings is 1. The zero-order valence-electron chi connectivity index (χ0n) is 10.1. The topological polar surface area (TPSA) is 56.8 Å². The summed E-state index contributed by atoms with van der Waals surface area (Å²) in [6, 6.07) is 5.46. The molecule has 1 saturated heterocycles. The molecule has 0 radical (unpaired) electrons. The third-order valence-electron chi connectivity index (χ3n) is 2.60. The van der Waals surface area contributed by atoms with E-state index in [-0.39, 0.29) is 6.10 Å². The van der Waals surface area contributed by atoms with Gasteiger partial charge in [0.05, 0.1) is 13.7 Å². The smallest absolute Gasteiger partial charge is 0.407 e. The Kier molecular flexibility index (Phi) is 3.72. The molecule has 1 aromatic rings. The second kappa shape index (κ2) is 5.44. The summed E-state index contributed by atoms with van der Waals surface area (Å²) in [7, 11) is 1.58. The number of hydrogen-bond donors (Lipinski definition) is 1. The fourth-order valence-electron chi connectivity index (χ4n) is 1.73. The minimum atomic E-state index is -0.399. The molecule has 1 heterocycles. The van der Waals surface area contributed by atoms with Gasteiger partial charge < -0.3 is 19.5 Å². The van der Waals surface area contributed by atoms with Gasteiger partial charge in [-0.05, 0) is 17.7 Å². The molecule has 96 valence electrons. The van der Waals surface area contributed by atoms with Crippen LogP contribution >= 0.6 is 0 Å². The Morgan fingerprint density at radius 3 is 3.00 bits per heavy atom. The van der Waals surface area contributed by atoms with Crippen molar-refractivity contribution >= 4 is 6.09 Å². The molecule has 0 spiro atoms. The first-order valence-corrected chi connectivity index (χ1v) is 5.60. The number of carbonyl (C=O) groups excluding carboxylic acids is 1. The Hall–Kier alpha value is -2.17. The summed E-state index contributed by atoms with van der Waals surface area (Å²) in [5, 5.41) is 2.61. The summed E-state index contributed by atoms with van der Waals surface area (Å²) in [5.41, 5.74) is 0.869. The summed E-state index contributed by atoms with van der Waals surface area (Å²) >= 11 is 0. The van der Waals surface area contributed by atoms with Gasteiger partial charge in [-0.15, -0.1) is 0 Å². The van der Waals surface area contributed by atoms with Gasteiger partial charge in [0.25, 0.3) is 0 Å². The van der Waals surface area contributed by atoms with Crippen LogP contribution in [0.4, 0.5) is 4.79 Å². The van der Waals surface area contributed by atoms with Gasteiger partial charge in [0.2, 0.25) is 0 Å². The number of carbonyl (C=O) groups is 1. The van der Waals surface area contributed by atoms with E-state index in [9.17, 15) is 4.79 Å². The van der Waals surface area contributed by atoms with E-state index in [1.54, 1.807) is 19.3 Å². The van der Waals surface area contributed by atoms with Crippen molar-refractivity contribution in [1.29, 1.82) is 0 Å². The van der Waals surface area contributed by atoms with Crippen LogP contribution in [-0.2, 0) is 4.74 Å². The fraction of sp³-hybridized carbons (Fsp3) is 0.308. The second-order valence-corrected chi connectivity index (χ2v) is 3.78. The highest BCUT2D eigenvalue weighted by molar-refractivity contribution is 5.69. The van der Waals surface area contributed by atoms with Crippen molar-refractivity contribution < 1.29 is 19.0 Å². The van der Waals surface area contributed by atoms with Crippen LogP contribution in [0.3, 0.4) is 0 Å². The molecule has 1 unspecified atom stereocenters. The number of rotatable bonds is 5. The summed E-state index contributed by atoms with van der Waals surface area (Å²) in [4.78, 5) is 11.0. The lowest BCUT2D eigenvalue weighted by atomic mass is 10.1. The van der Waals surface area contributed by atoms with Crippen LogP contribution in [-0.4, -0.2) is 26.4 Å². The van der Waals surface area contributed by atoms with Crippen LogP contribution in [0.25, 0.3) is 0 Å². The van der Waals surface area contributed by atoms with Crippen LogP contribution in [0, 0.1) is 0 Å². The lowest BCUT2D eigenvalue weighted by Crippen LogP contribution is -2.12. The van der Waals surface area contributed by atoms with E-state index in [0.717, 1.165) is 5.56 Å². The number of amides is 1. The van der Waals surface area contributed by atoms with Crippen molar-refractivity contribution in [3.8, 4) is 11.5 Å². The quantitative estimate of drug-likeness (QED) is 0.811. The van der Waals surface area contributed by atoms with Gasteiger partial charge in [-0.1, -0.05) is 18.7 Å². The number of methoxy groups -OCH3 is 1. The van der Waals surface area contributed by atoms with Gasteiger partial charge in [0, 0.05) is 0 Å². The molecule has 1 aliphatic heterocycles. The van der Waals surface area contributed by atoms with E-state index in [0.29, 0.717) is 24.7 Å². The zero-order chi connectivity index (χ0) is 13.0. The monoisotopic (exact) mass is 249 g/mol. The Bertz CT molecular complexity index is 458. The molecule has 0 aromatic heterocycles. The van der Waals surface area contributed by atoms with E-state index >= 15 is 0 Å². The number of alkyl carbamates (subject to hydrolysis) is 1. The number of ether oxygens (including phenoxy) is 3. The molecular weight excluding hydrogens is 234 g/mol. The van der Waals surface area contributed by atoms with Gasteiger partial charge in [0.1, 0.15) is 12.7 Å². The Morgan fingerprint density at radius 1 is 1.56 bits per heavy atom. The van der Waals surface area contributed by atoms with Crippen LogP contribution in [0.1, 0.15) is 11.7 Å². The van der Waals surface area contributed by atoms with E-state index in [4.69, 9.17) is 14.2 Å². The molecule has 0 saturated carbocycles. The van der Waals surface area contributed by atoms with Crippen LogP contribution in [0.5, 0.6) is 11.5 Å². The average Bonchev–Trinajstić information content (AvgIpc) is 2.82. The first kappa shape index (κ1) is 12.3. The van der Waals surface area contributed by atoms with Gasteiger partial charge in [0.15, 0.2) is 11.5 Å². The minimum Gasteiger partial charge on any atom is -0.493 e. The Morgan fingerprint density at radius 2 is 2.39 bits per heavy atom. The molecule has 1 N–H and O–H groups in total. The number of nitrogens with one attached hydrogen (secondary N) is 1. The van der Waals surface area contributed by atoms with Crippen molar-refractivity contribution in [2.24, 2.45) is 0 Å². The molecule has 0 aliphatic carbocycles. The second-order valence-electron chi connectivity index (χ2n) is 3.78. The van der Waals surface area contributed by atoms with Crippen LogP contribution in [0.2, 0.25) is 0 Å². The first-order chi connectivity index (χ1) is 8.74. The molecule has 1 amide bonds. The number of cyclic esters (lactones) is 1. The van der Waals surface area contributed by atoms with Gasteiger partial charge in [-0.25, -0.2) is 4.79 Å². The lowest BCUT2D eigenvalue weighted by Gasteiger charge is -2.13. The van der Waals surface area contributed by atoms with Crippen molar-refractivity contribution in [3.63, 3.8) is 0 Å². The largest absolute Gasteiger partial charge is 0.493 e. The molecule has 5 nitrogen and oxygen atoms in total. The number of hydrogen-bond acceptors (Lipinski definition) is 4. The van der Waals surface area contributed by atoms with E-state index in [1.807, 2.05) is 12.1 Å². The van der Waals surface area contributed by atoms with Crippen molar-refractivity contribution in [2.75, 3.05) is 20.3 Å². The molecular formula is C13H15NO4. The molecule has 2 rings (SSSR count). The van der Waals surface area contributed by atoms with Crippen LogP contribution in [0.15, 0.2) is 30.9 Å². The molecule has 1 aliphatic rings. The molecule has 5 heteroatoms. The zero-order valence-corrected chi connectivity index (χ0v) is 10.1. The maximum Gasteiger partial charge on any atom is 0.407 e. The molecule has 1 fully saturated rings. The lowest BCUT2D eigenvalue weighted by molar-refractivity contribution is 0.141. The normalized spacial score (nSPS) is 17.8. The van der Waals surface area contributed by atoms with Crippen molar-refractivity contribution in [1.82, 2.24) is 5.32 Å². The van der Waals surface area contributed by atoms with E-state index < -0.39 is 6.09 Å². The van der Waals surface area contributed by atoms with Crippen LogP contribution < -0.4 is 14.8 Å². The molecule has 0 bridgehead atoms. The summed E-state index contributed by atoms with van der Waals surface area (Å²) < 4.78 is 15.8. The van der Waals surface area contributed by atoms with Crippen molar-refractivity contribution in [3.05, 3.63) is 36.4 Å². The molecule has 1 aromatic carbocycles. The predicted molar refractivity (Wildman–Crippen MR) is 65.9 cm³/mol. The van der Waals surface area contributed by atoms with Gasteiger partial charge in [-0.3, -0.25) is 0 Å². The molecule has 18 heavy (non-hydrogen) atoms. The standard InChI is InChI=1S/C13H15NO4/c1-3-6-17-11-7-9(4-5-10(11)16-2)12-8-14-13(15)18-12/h3-5,7,12H,1,6,8H2,2H3,(H,14,15). The third-order valence-corrected chi connectivity index (χ3v) is 2.60. The first-order valence-electron chi connectivity index (χ1n) is 5.60. The Balaban J connectivity index is 2.21. The SMILES string of the molecule is C=CCOc1cc(C2CNC(=O)O2)ccc1OC. The Labute approximate surface area is 105 Å². The van der Waals surface area contributed by atoms with Gasteiger partial charge >= 0.3 is 6.09 Å².